The molecule has 0 spiro atoms. The Kier molecular flexibility index (Phi) is 6.29. The minimum atomic E-state index is -0.571. The topological polar surface area (TPSA) is 82.4 Å². The number of rotatable bonds is 7. The number of nitrogens with one attached hydrogen (secondary N) is 1. The second-order valence-corrected chi connectivity index (χ2v) is 6.50. The first kappa shape index (κ1) is 20.1. The van der Waals surface area contributed by atoms with Gasteiger partial charge >= 0.3 is 5.97 Å². The molecule has 3 rings (SSSR count). The molecule has 0 aliphatic heterocycles. The maximum Gasteiger partial charge on any atom is 0.342 e. The summed E-state index contributed by atoms with van der Waals surface area (Å²) in [6.45, 7) is 3.49. The van der Waals surface area contributed by atoms with Gasteiger partial charge in [0, 0.05) is 6.54 Å². The SMILES string of the molecule is COc1cccc(CNC(=O)COC(=O)c2c(C)nn(-c3ccccc3)c2C)c1. The van der Waals surface area contributed by atoms with Crippen LogP contribution >= 0.6 is 0 Å². The van der Waals surface area contributed by atoms with Gasteiger partial charge in [-0.2, -0.15) is 5.10 Å². The Bertz CT molecular complexity index is 1010. The minimum Gasteiger partial charge on any atom is -0.497 e. The Morgan fingerprint density at radius 2 is 1.83 bits per heavy atom. The summed E-state index contributed by atoms with van der Waals surface area (Å²) in [5, 5.41) is 7.15. The standard InChI is InChI=1S/C22H23N3O4/c1-15-21(16(2)25(24-15)18-9-5-4-6-10-18)22(27)29-14-20(26)23-13-17-8-7-11-19(12-17)28-3/h4-12H,13-14H2,1-3H3,(H,23,26). The van der Waals surface area contributed by atoms with E-state index < -0.39 is 5.97 Å². The van der Waals surface area contributed by atoms with Crippen LogP contribution in [0.1, 0.15) is 27.3 Å². The number of benzene rings is 2. The van der Waals surface area contributed by atoms with Gasteiger partial charge in [0.1, 0.15) is 11.3 Å². The molecule has 0 saturated heterocycles. The summed E-state index contributed by atoms with van der Waals surface area (Å²) >= 11 is 0. The number of nitrogens with zero attached hydrogens (tertiary/aromatic N) is 2. The van der Waals surface area contributed by atoms with Crippen LogP contribution in [0.5, 0.6) is 5.75 Å². The fourth-order valence-corrected chi connectivity index (χ4v) is 3.00. The molecule has 150 valence electrons. The third-order valence-electron chi connectivity index (χ3n) is 4.45. The van der Waals surface area contributed by atoms with Crippen molar-refractivity contribution < 1.29 is 19.1 Å². The highest BCUT2D eigenvalue weighted by atomic mass is 16.5. The monoisotopic (exact) mass is 393 g/mol. The van der Waals surface area contributed by atoms with Crippen molar-refractivity contribution in [1.82, 2.24) is 15.1 Å². The van der Waals surface area contributed by atoms with E-state index in [2.05, 4.69) is 10.4 Å². The van der Waals surface area contributed by atoms with E-state index in [9.17, 15) is 9.59 Å². The molecule has 29 heavy (non-hydrogen) atoms. The lowest BCUT2D eigenvalue weighted by Gasteiger charge is -2.08. The summed E-state index contributed by atoms with van der Waals surface area (Å²) in [7, 11) is 1.58. The van der Waals surface area contributed by atoms with Crippen LogP contribution in [0.3, 0.4) is 0 Å². The van der Waals surface area contributed by atoms with Crippen LogP contribution in [0.2, 0.25) is 0 Å². The van der Waals surface area contributed by atoms with Gasteiger partial charge in [0.25, 0.3) is 5.91 Å². The zero-order valence-corrected chi connectivity index (χ0v) is 16.6. The molecule has 0 aliphatic carbocycles. The number of aromatic nitrogens is 2. The molecular formula is C22H23N3O4. The Balaban J connectivity index is 1.59. The third-order valence-corrected chi connectivity index (χ3v) is 4.45. The first-order valence-corrected chi connectivity index (χ1v) is 9.18. The molecule has 0 radical (unpaired) electrons. The van der Waals surface area contributed by atoms with E-state index in [4.69, 9.17) is 9.47 Å². The number of hydrogen-bond donors (Lipinski definition) is 1. The lowest BCUT2D eigenvalue weighted by molar-refractivity contribution is -0.124. The molecule has 1 aromatic heterocycles. The molecule has 7 nitrogen and oxygen atoms in total. The molecule has 0 fully saturated rings. The van der Waals surface area contributed by atoms with Crippen molar-refractivity contribution in [2.75, 3.05) is 13.7 Å². The van der Waals surface area contributed by atoms with Crippen LogP contribution < -0.4 is 10.1 Å². The van der Waals surface area contributed by atoms with Gasteiger partial charge < -0.3 is 14.8 Å². The molecule has 2 aromatic carbocycles. The smallest absolute Gasteiger partial charge is 0.342 e. The van der Waals surface area contributed by atoms with Crippen LogP contribution in [0.4, 0.5) is 0 Å². The molecule has 0 unspecified atom stereocenters. The van der Waals surface area contributed by atoms with Crippen molar-refractivity contribution in [3.05, 3.63) is 77.1 Å². The number of para-hydroxylation sites is 1. The fourth-order valence-electron chi connectivity index (χ4n) is 3.00. The normalized spacial score (nSPS) is 10.4. The summed E-state index contributed by atoms with van der Waals surface area (Å²) in [5.41, 5.74) is 3.32. The molecule has 0 saturated carbocycles. The fraction of sp³-hybridized carbons (Fsp3) is 0.227. The van der Waals surface area contributed by atoms with Crippen molar-refractivity contribution in [2.24, 2.45) is 0 Å². The maximum absolute atomic E-state index is 12.5. The number of ether oxygens (including phenoxy) is 2. The summed E-state index contributed by atoms with van der Waals surface area (Å²) in [5.74, 6) is -0.241. The number of methoxy groups -OCH3 is 1. The van der Waals surface area contributed by atoms with Crippen molar-refractivity contribution in [1.29, 1.82) is 0 Å². The Labute approximate surface area is 169 Å². The number of carbonyl (C=O) groups is 2. The molecular weight excluding hydrogens is 370 g/mol. The van der Waals surface area contributed by atoms with Crippen molar-refractivity contribution in [2.45, 2.75) is 20.4 Å². The van der Waals surface area contributed by atoms with Crippen LogP contribution in [0, 0.1) is 13.8 Å². The summed E-state index contributed by atoms with van der Waals surface area (Å²) in [4.78, 5) is 24.6. The van der Waals surface area contributed by atoms with Gasteiger partial charge in [-0.05, 0) is 43.7 Å². The molecule has 7 heteroatoms. The molecule has 0 bridgehead atoms. The van der Waals surface area contributed by atoms with Crippen molar-refractivity contribution >= 4 is 11.9 Å². The summed E-state index contributed by atoms with van der Waals surface area (Å²) < 4.78 is 12.1. The predicted molar refractivity (Wildman–Crippen MR) is 108 cm³/mol. The van der Waals surface area contributed by atoms with Crippen molar-refractivity contribution in [3.8, 4) is 11.4 Å². The van der Waals surface area contributed by atoms with Crippen LogP contribution in [0.15, 0.2) is 54.6 Å². The minimum absolute atomic E-state index is 0.317. The number of esters is 1. The number of hydrogen-bond acceptors (Lipinski definition) is 5. The van der Waals surface area contributed by atoms with E-state index >= 15 is 0 Å². The summed E-state index contributed by atoms with van der Waals surface area (Å²) in [6.07, 6.45) is 0. The van der Waals surface area contributed by atoms with Crippen LogP contribution in [-0.4, -0.2) is 35.4 Å². The molecule has 1 N–H and O–H groups in total. The van der Waals surface area contributed by atoms with Gasteiger partial charge in [0.15, 0.2) is 6.61 Å². The molecule has 0 atom stereocenters. The van der Waals surface area contributed by atoms with Gasteiger partial charge in [-0.3, -0.25) is 4.79 Å². The van der Waals surface area contributed by atoms with Gasteiger partial charge in [-0.1, -0.05) is 30.3 Å². The average Bonchev–Trinajstić information content (AvgIpc) is 3.05. The molecule has 1 heterocycles. The number of carbonyl (C=O) groups excluding carboxylic acids is 2. The number of aryl methyl sites for hydroxylation is 1. The van der Waals surface area contributed by atoms with E-state index in [0.29, 0.717) is 29.2 Å². The van der Waals surface area contributed by atoms with E-state index in [0.717, 1.165) is 11.3 Å². The van der Waals surface area contributed by atoms with Gasteiger partial charge in [0.05, 0.1) is 24.2 Å². The Morgan fingerprint density at radius 1 is 1.07 bits per heavy atom. The van der Waals surface area contributed by atoms with Crippen LogP contribution in [-0.2, 0) is 16.1 Å². The third kappa shape index (κ3) is 4.82. The van der Waals surface area contributed by atoms with E-state index in [1.807, 2.05) is 54.6 Å². The Morgan fingerprint density at radius 3 is 2.55 bits per heavy atom. The maximum atomic E-state index is 12.5. The average molecular weight is 393 g/mol. The van der Waals surface area contributed by atoms with E-state index in [1.165, 1.54) is 0 Å². The predicted octanol–water partition coefficient (Wildman–Crippen LogP) is 2.97. The van der Waals surface area contributed by atoms with Crippen molar-refractivity contribution in [3.63, 3.8) is 0 Å². The van der Waals surface area contributed by atoms with Gasteiger partial charge in [0.2, 0.25) is 0 Å². The largest absolute Gasteiger partial charge is 0.497 e. The first-order chi connectivity index (χ1) is 14.0. The highest BCUT2D eigenvalue weighted by Gasteiger charge is 2.21. The first-order valence-electron chi connectivity index (χ1n) is 9.18. The quantitative estimate of drug-likeness (QED) is 0.624. The van der Waals surface area contributed by atoms with Gasteiger partial charge in [-0.15, -0.1) is 0 Å². The second-order valence-electron chi connectivity index (χ2n) is 6.50. The molecule has 1 amide bonds. The zero-order valence-electron chi connectivity index (χ0n) is 16.6. The molecule has 0 aliphatic rings. The second kappa shape index (κ2) is 9.05. The lowest BCUT2D eigenvalue weighted by Crippen LogP contribution is -2.28. The van der Waals surface area contributed by atoms with Gasteiger partial charge in [-0.25, -0.2) is 9.48 Å². The number of amides is 1. The van der Waals surface area contributed by atoms with E-state index in [-0.39, 0.29) is 12.5 Å². The van der Waals surface area contributed by atoms with Crippen LogP contribution in [0.25, 0.3) is 5.69 Å². The Hall–Kier alpha value is -3.61. The summed E-state index contributed by atoms with van der Waals surface area (Å²) in [6, 6.07) is 16.9. The zero-order chi connectivity index (χ0) is 20.8. The highest BCUT2D eigenvalue weighted by Crippen LogP contribution is 2.18. The molecule has 3 aromatic rings. The lowest BCUT2D eigenvalue weighted by atomic mass is 10.2. The highest BCUT2D eigenvalue weighted by molar-refractivity contribution is 5.93. The van der Waals surface area contributed by atoms with E-state index in [1.54, 1.807) is 25.6 Å².